The topological polar surface area (TPSA) is 99.1 Å². The second-order valence-electron chi connectivity index (χ2n) is 12.5. The SMILES string of the molecule is Cc1ccc(C(=O)Oc2ccc(C(=O)Oc3cccc4c3[C@]3(CCc5cccc(OC(=O)/C=C/c6ccc(CO)cc6)c53)CC4)cc2)cc1. The first-order chi connectivity index (χ1) is 23.8. The van der Waals surface area contributed by atoms with Crippen LogP contribution in [-0.4, -0.2) is 23.0 Å². The molecule has 0 bridgehead atoms. The van der Waals surface area contributed by atoms with Crippen molar-refractivity contribution in [1.29, 1.82) is 0 Å². The molecule has 1 N–H and O–H groups in total. The summed E-state index contributed by atoms with van der Waals surface area (Å²) < 4.78 is 17.6. The molecule has 7 nitrogen and oxygen atoms in total. The monoisotopic (exact) mass is 650 g/mol. The van der Waals surface area contributed by atoms with Crippen LogP contribution in [0, 0.1) is 6.92 Å². The highest BCUT2D eigenvalue weighted by molar-refractivity contribution is 5.93. The van der Waals surface area contributed by atoms with E-state index >= 15 is 0 Å². The van der Waals surface area contributed by atoms with Gasteiger partial charge < -0.3 is 19.3 Å². The first kappa shape index (κ1) is 31.8. The second kappa shape index (κ2) is 13.4. The number of carbonyl (C=O) groups excluding carboxylic acids is 3. The van der Waals surface area contributed by atoms with Crippen molar-refractivity contribution in [2.45, 2.75) is 44.6 Å². The van der Waals surface area contributed by atoms with E-state index in [1.165, 1.54) is 6.08 Å². The number of rotatable bonds is 8. The zero-order valence-electron chi connectivity index (χ0n) is 27.0. The lowest BCUT2D eigenvalue weighted by molar-refractivity contribution is -0.129. The van der Waals surface area contributed by atoms with Gasteiger partial charge in [-0.15, -0.1) is 0 Å². The molecule has 2 aliphatic carbocycles. The first-order valence-corrected chi connectivity index (χ1v) is 16.3. The molecule has 2 aliphatic rings. The Hall–Kier alpha value is -5.79. The van der Waals surface area contributed by atoms with Crippen molar-refractivity contribution < 1.29 is 33.7 Å². The number of benzene rings is 5. The number of aliphatic hydroxyl groups is 1. The molecule has 5 aromatic carbocycles. The Labute approximate surface area is 284 Å². The number of hydrogen-bond acceptors (Lipinski definition) is 7. The van der Waals surface area contributed by atoms with Crippen LogP contribution < -0.4 is 14.2 Å². The van der Waals surface area contributed by atoms with Crippen molar-refractivity contribution in [3.8, 4) is 17.2 Å². The maximum Gasteiger partial charge on any atom is 0.343 e. The Kier molecular flexibility index (Phi) is 8.68. The minimum Gasteiger partial charge on any atom is -0.423 e. The summed E-state index contributed by atoms with van der Waals surface area (Å²) in [5, 5.41) is 9.29. The predicted molar refractivity (Wildman–Crippen MR) is 185 cm³/mol. The molecule has 0 radical (unpaired) electrons. The summed E-state index contributed by atoms with van der Waals surface area (Å²) in [7, 11) is 0. The van der Waals surface area contributed by atoms with E-state index in [1.807, 2.05) is 55.5 Å². The first-order valence-electron chi connectivity index (χ1n) is 16.3. The van der Waals surface area contributed by atoms with Crippen LogP contribution in [0.15, 0.2) is 115 Å². The van der Waals surface area contributed by atoms with Crippen LogP contribution in [0.5, 0.6) is 17.2 Å². The molecule has 0 heterocycles. The number of hydrogen-bond donors (Lipinski definition) is 1. The van der Waals surface area contributed by atoms with Gasteiger partial charge >= 0.3 is 17.9 Å². The van der Waals surface area contributed by atoms with Crippen LogP contribution in [0.4, 0.5) is 0 Å². The standard InChI is InChI=1S/C42H34O7/c1-27-8-15-32(16-9-27)40(45)47-34-19-17-33(18-20-34)41(46)49-36-7-3-5-31-23-25-42(39(31)36)24-22-30-4-2-6-35(38(30)42)48-37(44)21-14-28-10-12-29(26-43)13-11-28/h2-21,43H,22-26H2,1H3/b21-14+/t42-/m1/s1. The van der Waals surface area contributed by atoms with Crippen molar-refractivity contribution in [2.24, 2.45) is 0 Å². The Morgan fingerprint density at radius 1 is 0.673 bits per heavy atom. The maximum absolute atomic E-state index is 13.5. The molecule has 0 saturated carbocycles. The molecule has 0 aromatic heterocycles. The van der Waals surface area contributed by atoms with Crippen molar-refractivity contribution in [3.63, 3.8) is 0 Å². The van der Waals surface area contributed by atoms with E-state index in [2.05, 4.69) is 12.1 Å². The molecule has 244 valence electrons. The fraction of sp³-hybridized carbons (Fsp3) is 0.167. The fourth-order valence-corrected chi connectivity index (χ4v) is 6.99. The van der Waals surface area contributed by atoms with Gasteiger partial charge in [0, 0.05) is 22.6 Å². The Balaban J connectivity index is 1.11. The highest BCUT2D eigenvalue weighted by Gasteiger charge is 2.48. The molecule has 0 saturated heterocycles. The van der Waals surface area contributed by atoms with Crippen LogP contribution in [0.1, 0.15) is 72.5 Å². The highest BCUT2D eigenvalue weighted by Crippen LogP contribution is 2.57. The highest BCUT2D eigenvalue weighted by atomic mass is 16.5. The number of fused-ring (bicyclic) bond motifs is 4. The van der Waals surface area contributed by atoms with Crippen molar-refractivity contribution in [3.05, 3.63) is 165 Å². The van der Waals surface area contributed by atoms with Gasteiger partial charge in [-0.05, 0) is 109 Å². The maximum atomic E-state index is 13.5. The molecular formula is C42H34O7. The lowest BCUT2D eigenvalue weighted by atomic mass is 9.76. The van der Waals surface area contributed by atoms with E-state index < -0.39 is 23.3 Å². The second-order valence-corrected chi connectivity index (χ2v) is 12.5. The molecule has 7 heteroatoms. The van der Waals surface area contributed by atoms with E-state index in [0.717, 1.165) is 64.6 Å². The number of esters is 3. The van der Waals surface area contributed by atoms with Crippen molar-refractivity contribution in [1.82, 2.24) is 0 Å². The van der Waals surface area contributed by atoms with Gasteiger partial charge in [0.25, 0.3) is 0 Å². The molecule has 0 aliphatic heterocycles. The Bertz CT molecular complexity index is 2070. The molecule has 1 atom stereocenters. The molecule has 0 unspecified atom stereocenters. The van der Waals surface area contributed by atoms with Gasteiger partial charge in [-0.1, -0.05) is 66.2 Å². The third-order valence-electron chi connectivity index (χ3n) is 9.40. The fourth-order valence-electron chi connectivity index (χ4n) is 6.99. The van der Waals surface area contributed by atoms with Gasteiger partial charge in [0.05, 0.1) is 17.7 Å². The van der Waals surface area contributed by atoms with Gasteiger partial charge in [0.1, 0.15) is 17.2 Å². The Morgan fingerprint density at radius 3 is 1.82 bits per heavy atom. The summed E-state index contributed by atoms with van der Waals surface area (Å²) in [4.78, 5) is 39.1. The molecule has 5 aromatic rings. The van der Waals surface area contributed by atoms with Crippen LogP contribution in [0.3, 0.4) is 0 Å². The Morgan fingerprint density at radius 2 is 1.22 bits per heavy atom. The van der Waals surface area contributed by atoms with Gasteiger partial charge in [0.2, 0.25) is 0 Å². The van der Waals surface area contributed by atoms with E-state index in [4.69, 9.17) is 14.2 Å². The largest absolute Gasteiger partial charge is 0.423 e. The summed E-state index contributed by atoms with van der Waals surface area (Å²) in [6.07, 6.45) is 6.29. The van der Waals surface area contributed by atoms with Crippen LogP contribution in [0.2, 0.25) is 0 Å². The molecular weight excluding hydrogens is 616 g/mol. The number of carbonyl (C=O) groups is 3. The number of aliphatic hydroxyl groups excluding tert-OH is 1. The van der Waals surface area contributed by atoms with Gasteiger partial charge in [-0.25, -0.2) is 14.4 Å². The minimum absolute atomic E-state index is 0.0436. The lowest BCUT2D eigenvalue weighted by Gasteiger charge is -2.29. The summed E-state index contributed by atoms with van der Waals surface area (Å²) >= 11 is 0. The molecule has 0 fully saturated rings. The minimum atomic E-state index is -0.526. The van der Waals surface area contributed by atoms with E-state index in [9.17, 15) is 19.5 Å². The predicted octanol–water partition coefficient (Wildman–Crippen LogP) is 7.72. The van der Waals surface area contributed by atoms with Crippen LogP contribution in [0.25, 0.3) is 6.08 Å². The third-order valence-corrected chi connectivity index (χ3v) is 9.40. The van der Waals surface area contributed by atoms with E-state index in [-0.39, 0.29) is 6.61 Å². The molecule has 1 spiro atoms. The summed E-state index contributed by atoms with van der Waals surface area (Å²) in [6, 6.07) is 32.3. The number of ether oxygens (including phenoxy) is 3. The molecule has 49 heavy (non-hydrogen) atoms. The average molecular weight is 651 g/mol. The normalized spacial score (nSPS) is 16.0. The van der Waals surface area contributed by atoms with Crippen molar-refractivity contribution >= 4 is 24.0 Å². The lowest BCUT2D eigenvalue weighted by Crippen LogP contribution is -2.24. The quantitative estimate of drug-likeness (QED) is 0.104. The summed E-state index contributed by atoms with van der Waals surface area (Å²) in [5.74, 6) is -0.192. The van der Waals surface area contributed by atoms with E-state index in [1.54, 1.807) is 54.6 Å². The van der Waals surface area contributed by atoms with Gasteiger partial charge in [0.15, 0.2) is 0 Å². The number of aryl methyl sites for hydroxylation is 3. The average Bonchev–Trinajstić information content (AvgIpc) is 3.70. The van der Waals surface area contributed by atoms with Gasteiger partial charge in [-0.2, -0.15) is 0 Å². The van der Waals surface area contributed by atoms with Crippen molar-refractivity contribution in [2.75, 3.05) is 0 Å². The third kappa shape index (κ3) is 6.41. The summed E-state index contributed by atoms with van der Waals surface area (Å²) in [6.45, 7) is 1.90. The molecule has 7 rings (SSSR count). The van der Waals surface area contributed by atoms with Crippen LogP contribution in [-0.2, 0) is 29.7 Å². The zero-order valence-corrected chi connectivity index (χ0v) is 27.0. The summed E-state index contributed by atoms with van der Waals surface area (Å²) in [5.41, 5.74) is 7.06. The van der Waals surface area contributed by atoms with Crippen LogP contribution >= 0.6 is 0 Å². The van der Waals surface area contributed by atoms with Gasteiger partial charge in [-0.3, -0.25) is 0 Å². The smallest absolute Gasteiger partial charge is 0.343 e. The molecule has 0 amide bonds. The zero-order chi connectivity index (χ0) is 34.0. The van der Waals surface area contributed by atoms with E-state index in [0.29, 0.717) is 28.4 Å².